The van der Waals surface area contributed by atoms with Gasteiger partial charge in [0.15, 0.2) is 5.78 Å². The zero-order valence-electron chi connectivity index (χ0n) is 10.5. The van der Waals surface area contributed by atoms with E-state index in [1.54, 1.807) is 0 Å². The molecule has 0 fully saturated rings. The van der Waals surface area contributed by atoms with Crippen LogP contribution in [0, 0.1) is 13.8 Å². The second-order valence-electron chi connectivity index (χ2n) is 4.27. The summed E-state index contributed by atoms with van der Waals surface area (Å²) in [6.07, 6.45) is 2.28. The molecule has 1 rings (SSSR count). The van der Waals surface area contributed by atoms with E-state index in [-0.39, 0.29) is 5.78 Å². The monoisotopic (exact) mass is 219 g/mol. The summed E-state index contributed by atoms with van der Waals surface area (Å²) in [5.74, 6) is 0.192. The third-order valence-corrected chi connectivity index (χ3v) is 2.69. The molecule has 0 aliphatic rings. The predicted molar refractivity (Wildman–Crippen MR) is 68.0 cm³/mol. The molecule has 0 heterocycles. The van der Waals surface area contributed by atoms with Crippen molar-refractivity contribution in [3.8, 4) is 0 Å². The summed E-state index contributed by atoms with van der Waals surface area (Å²) >= 11 is 0. The molecule has 0 aromatic heterocycles. The van der Waals surface area contributed by atoms with Gasteiger partial charge < -0.3 is 5.32 Å². The summed E-state index contributed by atoms with van der Waals surface area (Å²) in [6.45, 7) is 7.52. The fraction of sp³-hybridized carbons (Fsp3) is 0.500. The lowest BCUT2D eigenvalue weighted by molar-refractivity contribution is 0.0990. The highest BCUT2D eigenvalue weighted by molar-refractivity contribution is 5.99. The maximum Gasteiger partial charge on any atom is 0.176 e. The highest BCUT2D eigenvalue weighted by atomic mass is 16.1. The van der Waals surface area contributed by atoms with Crippen molar-refractivity contribution in [2.45, 2.75) is 33.6 Å². The van der Waals surface area contributed by atoms with Crippen molar-refractivity contribution >= 4 is 5.78 Å². The van der Waals surface area contributed by atoms with E-state index in [1.807, 2.05) is 32.0 Å². The van der Waals surface area contributed by atoms with Crippen molar-refractivity contribution in [3.05, 3.63) is 34.9 Å². The van der Waals surface area contributed by atoms with Crippen LogP contribution in [0.15, 0.2) is 18.2 Å². The van der Waals surface area contributed by atoms with Crippen LogP contribution >= 0.6 is 0 Å². The molecule has 0 saturated carbocycles. The van der Waals surface area contributed by atoms with Crippen LogP contribution in [0.3, 0.4) is 0 Å². The minimum absolute atomic E-state index is 0.192. The molecular formula is C14H21NO. The van der Waals surface area contributed by atoms with Gasteiger partial charge in [-0.3, -0.25) is 4.79 Å². The lowest BCUT2D eigenvalue weighted by atomic mass is 10.0. The predicted octanol–water partition coefficient (Wildman–Crippen LogP) is 2.88. The molecule has 2 nitrogen and oxygen atoms in total. The number of hydrogen-bond acceptors (Lipinski definition) is 2. The lowest BCUT2D eigenvalue weighted by Crippen LogP contribution is -2.24. The van der Waals surface area contributed by atoms with Crippen LogP contribution < -0.4 is 5.32 Å². The molecular weight excluding hydrogens is 198 g/mol. The number of Topliss-reactive ketones (excluding diaryl/α,β-unsaturated/α-hetero) is 1. The number of carbonyl (C=O) groups excluding carboxylic acids is 1. The zero-order chi connectivity index (χ0) is 12.0. The summed E-state index contributed by atoms with van der Waals surface area (Å²) in [7, 11) is 0. The van der Waals surface area contributed by atoms with Crippen molar-refractivity contribution < 1.29 is 4.79 Å². The van der Waals surface area contributed by atoms with E-state index in [0.29, 0.717) is 6.54 Å². The first-order chi connectivity index (χ1) is 7.65. The molecule has 2 heteroatoms. The Kier molecular flexibility index (Phi) is 5.20. The average Bonchev–Trinajstić information content (AvgIpc) is 2.27. The number of ketones is 1. The molecule has 0 aliphatic heterocycles. The van der Waals surface area contributed by atoms with Crippen molar-refractivity contribution in [2.24, 2.45) is 0 Å². The molecule has 16 heavy (non-hydrogen) atoms. The van der Waals surface area contributed by atoms with Crippen LogP contribution in [0.1, 0.15) is 41.3 Å². The Morgan fingerprint density at radius 1 is 1.31 bits per heavy atom. The standard InChI is InChI=1S/C14H21NO/c1-4-5-8-15-10-14(16)13-9-11(2)6-7-12(13)3/h6-7,9,15H,4-5,8,10H2,1-3H3. The molecule has 0 atom stereocenters. The Hall–Kier alpha value is -1.15. The SMILES string of the molecule is CCCCNCC(=O)c1cc(C)ccc1C. The van der Waals surface area contributed by atoms with E-state index < -0.39 is 0 Å². The Morgan fingerprint density at radius 2 is 2.06 bits per heavy atom. The zero-order valence-corrected chi connectivity index (χ0v) is 10.5. The molecule has 0 aliphatic carbocycles. The number of rotatable bonds is 6. The Balaban J connectivity index is 2.55. The average molecular weight is 219 g/mol. The van der Waals surface area contributed by atoms with Gasteiger partial charge in [0.25, 0.3) is 0 Å². The van der Waals surface area contributed by atoms with Crippen LogP contribution in [0.2, 0.25) is 0 Å². The summed E-state index contributed by atoms with van der Waals surface area (Å²) in [5.41, 5.74) is 3.05. The van der Waals surface area contributed by atoms with Gasteiger partial charge in [-0.25, -0.2) is 0 Å². The van der Waals surface area contributed by atoms with E-state index in [2.05, 4.69) is 12.2 Å². The maximum atomic E-state index is 11.9. The van der Waals surface area contributed by atoms with Gasteiger partial charge in [-0.05, 0) is 38.4 Å². The third-order valence-electron chi connectivity index (χ3n) is 2.69. The number of benzene rings is 1. The molecule has 1 aromatic rings. The molecule has 88 valence electrons. The lowest BCUT2D eigenvalue weighted by Gasteiger charge is -2.07. The Labute approximate surface area is 98.1 Å². The van der Waals surface area contributed by atoms with Crippen LogP contribution in [0.25, 0.3) is 0 Å². The van der Waals surface area contributed by atoms with E-state index in [4.69, 9.17) is 0 Å². The quantitative estimate of drug-likeness (QED) is 0.589. The number of unbranched alkanes of at least 4 members (excludes halogenated alkanes) is 1. The van der Waals surface area contributed by atoms with Gasteiger partial charge in [-0.1, -0.05) is 31.0 Å². The largest absolute Gasteiger partial charge is 0.310 e. The molecule has 0 unspecified atom stereocenters. The summed E-state index contributed by atoms with van der Waals surface area (Å²) in [5, 5.41) is 3.18. The van der Waals surface area contributed by atoms with E-state index in [1.165, 1.54) is 0 Å². The summed E-state index contributed by atoms with van der Waals surface area (Å²) in [4.78, 5) is 11.9. The number of aryl methyl sites for hydroxylation is 2. The molecule has 0 bridgehead atoms. The van der Waals surface area contributed by atoms with Crippen molar-refractivity contribution in [1.29, 1.82) is 0 Å². The van der Waals surface area contributed by atoms with Crippen molar-refractivity contribution in [2.75, 3.05) is 13.1 Å². The molecule has 0 spiro atoms. The smallest absolute Gasteiger partial charge is 0.176 e. The molecule has 1 aromatic carbocycles. The van der Waals surface area contributed by atoms with Crippen LogP contribution in [-0.4, -0.2) is 18.9 Å². The minimum Gasteiger partial charge on any atom is -0.310 e. The fourth-order valence-electron chi connectivity index (χ4n) is 1.64. The first-order valence-electron chi connectivity index (χ1n) is 5.96. The number of nitrogens with one attached hydrogen (secondary N) is 1. The van der Waals surface area contributed by atoms with Gasteiger partial charge in [0, 0.05) is 5.56 Å². The number of hydrogen-bond donors (Lipinski definition) is 1. The third kappa shape index (κ3) is 3.78. The summed E-state index contributed by atoms with van der Waals surface area (Å²) < 4.78 is 0. The van der Waals surface area contributed by atoms with Gasteiger partial charge in [0.2, 0.25) is 0 Å². The highest BCUT2D eigenvalue weighted by Crippen LogP contribution is 2.10. The van der Waals surface area contributed by atoms with Crippen molar-refractivity contribution in [3.63, 3.8) is 0 Å². The topological polar surface area (TPSA) is 29.1 Å². The van der Waals surface area contributed by atoms with Crippen molar-refractivity contribution in [1.82, 2.24) is 5.32 Å². The van der Waals surface area contributed by atoms with Crippen LogP contribution in [0.4, 0.5) is 0 Å². The van der Waals surface area contributed by atoms with Gasteiger partial charge in [0.1, 0.15) is 0 Å². The molecule has 0 saturated heterocycles. The molecule has 1 N–H and O–H groups in total. The van der Waals surface area contributed by atoms with Crippen LogP contribution in [0.5, 0.6) is 0 Å². The van der Waals surface area contributed by atoms with Gasteiger partial charge in [-0.15, -0.1) is 0 Å². The minimum atomic E-state index is 0.192. The maximum absolute atomic E-state index is 11.9. The number of carbonyl (C=O) groups is 1. The van der Waals surface area contributed by atoms with Gasteiger partial charge in [0.05, 0.1) is 6.54 Å². The normalized spacial score (nSPS) is 10.4. The first kappa shape index (κ1) is 12.9. The second kappa shape index (κ2) is 6.44. The van der Waals surface area contributed by atoms with E-state index in [0.717, 1.165) is 36.1 Å². The molecule has 0 radical (unpaired) electrons. The van der Waals surface area contributed by atoms with E-state index in [9.17, 15) is 4.79 Å². The van der Waals surface area contributed by atoms with Gasteiger partial charge >= 0.3 is 0 Å². The van der Waals surface area contributed by atoms with Crippen LogP contribution in [-0.2, 0) is 0 Å². The van der Waals surface area contributed by atoms with E-state index >= 15 is 0 Å². The second-order valence-corrected chi connectivity index (χ2v) is 4.27. The highest BCUT2D eigenvalue weighted by Gasteiger charge is 2.08. The Bertz CT molecular complexity index is 358. The van der Waals surface area contributed by atoms with Gasteiger partial charge in [-0.2, -0.15) is 0 Å². The fourth-order valence-corrected chi connectivity index (χ4v) is 1.64. The molecule has 0 amide bonds. The Morgan fingerprint density at radius 3 is 2.75 bits per heavy atom. The summed E-state index contributed by atoms with van der Waals surface area (Å²) in [6, 6.07) is 6.02. The first-order valence-corrected chi connectivity index (χ1v) is 5.96.